The minimum atomic E-state index is -2.56. The van der Waals surface area contributed by atoms with E-state index in [0.717, 1.165) is 25.9 Å². The van der Waals surface area contributed by atoms with Gasteiger partial charge in [0, 0.05) is 37.9 Å². The molecule has 0 bridgehead atoms. The Labute approximate surface area is 113 Å². The van der Waals surface area contributed by atoms with Gasteiger partial charge < -0.3 is 10.2 Å². The second-order valence-corrected chi connectivity index (χ2v) is 5.75. The van der Waals surface area contributed by atoms with E-state index in [1.807, 2.05) is 11.8 Å². The lowest BCUT2D eigenvalue weighted by molar-refractivity contribution is -0.142. The van der Waals surface area contributed by atoms with Crippen molar-refractivity contribution in [3.63, 3.8) is 0 Å². The largest absolute Gasteiger partial charge is 0.338 e. The van der Waals surface area contributed by atoms with Crippen LogP contribution in [0.4, 0.5) is 8.78 Å². The Hall–Kier alpha value is -0.710. The first kappa shape index (κ1) is 14.7. The van der Waals surface area contributed by atoms with E-state index in [0.29, 0.717) is 19.4 Å². The van der Waals surface area contributed by atoms with Crippen LogP contribution in [0.1, 0.15) is 45.4 Å². The number of rotatable bonds is 3. The molecule has 2 fully saturated rings. The molecule has 5 heteroatoms. The molecule has 0 radical (unpaired) electrons. The Morgan fingerprint density at radius 1 is 1.32 bits per heavy atom. The quantitative estimate of drug-likeness (QED) is 0.857. The third kappa shape index (κ3) is 3.65. The summed E-state index contributed by atoms with van der Waals surface area (Å²) in [4.78, 5) is 14.4. The van der Waals surface area contributed by atoms with Crippen LogP contribution in [0.25, 0.3) is 0 Å². The molecule has 1 aliphatic heterocycles. The van der Waals surface area contributed by atoms with Gasteiger partial charge in [-0.15, -0.1) is 0 Å². The lowest BCUT2D eigenvalue weighted by Crippen LogP contribution is -2.51. The van der Waals surface area contributed by atoms with E-state index in [2.05, 4.69) is 5.32 Å². The fraction of sp³-hybridized carbons (Fsp3) is 0.929. The van der Waals surface area contributed by atoms with Crippen molar-refractivity contribution in [2.75, 3.05) is 19.6 Å². The predicted octanol–water partition coefficient (Wildman–Crippen LogP) is 2.41. The summed E-state index contributed by atoms with van der Waals surface area (Å²) in [5.41, 5.74) is 0. The first-order chi connectivity index (χ1) is 9.03. The fourth-order valence-corrected chi connectivity index (χ4v) is 3.22. The van der Waals surface area contributed by atoms with Gasteiger partial charge in [-0.2, -0.15) is 0 Å². The van der Waals surface area contributed by atoms with Gasteiger partial charge in [-0.3, -0.25) is 4.79 Å². The van der Waals surface area contributed by atoms with Gasteiger partial charge >= 0.3 is 0 Å². The third-order valence-electron chi connectivity index (χ3n) is 4.40. The standard InChI is InChI=1S/C14H24F2N2O/c1-2-18(12-4-3-9-17-10-12)13(19)11-5-7-14(15,16)8-6-11/h11-12,17H,2-10H2,1H3. The van der Waals surface area contributed by atoms with Gasteiger partial charge in [-0.25, -0.2) is 8.78 Å². The summed E-state index contributed by atoms with van der Waals surface area (Å²) in [6, 6.07) is 0.244. The molecular formula is C14H24F2N2O. The van der Waals surface area contributed by atoms with Gasteiger partial charge in [0.2, 0.25) is 11.8 Å². The maximum absolute atomic E-state index is 13.1. The Morgan fingerprint density at radius 3 is 2.53 bits per heavy atom. The van der Waals surface area contributed by atoms with Crippen LogP contribution in [0.15, 0.2) is 0 Å². The van der Waals surface area contributed by atoms with Crippen LogP contribution < -0.4 is 5.32 Å². The summed E-state index contributed by atoms with van der Waals surface area (Å²) in [7, 11) is 0. The highest BCUT2D eigenvalue weighted by Crippen LogP contribution is 2.37. The Kier molecular flexibility index (Phi) is 4.76. The SMILES string of the molecule is CCN(C(=O)C1CCC(F)(F)CC1)C1CCCNC1. The van der Waals surface area contributed by atoms with Crippen LogP contribution in [0.2, 0.25) is 0 Å². The number of nitrogens with zero attached hydrogens (tertiary/aromatic N) is 1. The maximum atomic E-state index is 13.1. The number of alkyl halides is 2. The van der Waals surface area contributed by atoms with E-state index in [-0.39, 0.29) is 30.7 Å². The van der Waals surface area contributed by atoms with Gasteiger partial charge in [0.05, 0.1) is 0 Å². The van der Waals surface area contributed by atoms with E-state index in [1.54, 1.807) is 0 Å². The Bertz CT molecular complexity index is 307. The summed E-state index contributed by atoms with van der Waals surface area (Å²) in [6.45, 7) is 4.50. The predicted molar refractivity (Wildman–Crippen MR) is 70.2 cm³/mol. The summed E-state index contributed by atoms with van der Waals surface area (Å²) in [5.74, 6) is -2.66. The monoisotopic (exact) mass is 274 g/mol. The average Bonchev–Trinajstić information content (AvgIpc) is 2.40. The van der Waals surface area contributed by atoms with Crippen molar-refractivity contribution in [2.45, 2.75) is 57.4 Å². The molecule has 3 nitrogen and oxygen atoms in total. The van der Waals surface area contributed by atoms with Crippen LogP contribution in [0.5, 0.6) is 0 Å². The smallest absolute Gasteiger partial charge is 0.248 e. The summed E-state index contributed by atoms with van der Waals surface area (Å²) < 4.78 is 26.3. The van der Waals surface area contributed by atoms with Gasteiger partial charge in [-0.05, 0) is 39.2 Å². The minimum Gasteiger partial charge on any atom is -0.338 e. The van der Waals surface area contributed by atoms with Crippen LogP contribution in [0, 0.1) is 5.92 Å². The fourth-order valence-electron chi connectivity index (χ4n) is 3.22. The minimum absolute atomic E-state index is 0.0895. The van der Waals surface area contributed by atoms with Crippen molar-refractivity contribution in [3.05, 3.63) is 0 Å². The zero-order valence-corrected chi connectivity index (χ0v) is 11.6. The first-order valence-corrected chi connectivity index (χ1v) is 7.42. The molecule has 1 saturated carbocycles. The number of carbonyl (C=O) groups is 1. The van der Waals surface area contributed by atoms with Crippen LogP contribution in [-0.4, -0.2) is 42.4 Å². The van der Waals surface area contributed by atoms with Crippen LogP contribution >= 0.6 is 0 Å². The lowest BCUT2D eigenvalue weighted by Gasteiger charge is -2.37. The Balaban J connectivity index is 1.93. The molecule has 1 aliphatic carbocycles. The van der Waals surface area contributed by atoms with E-state index in [1.165, 1.54) is 0 Å². The highest BCUT2D eigenvalue weighted by atomic mass is 19.3. The number of piperidine rings is 1. The summed E-state index contributed by atoms with van der Waals surface area (Å²) in [6.07, 6.45) is 2.51. The molecule has 110 valence electrons. The number of nitrogens with one attached hydrogen (secondary N) is 1. The topological polar surface area (TPSA) is 32.3 Å². The van der Waals surface area contributed by atoms with Gasteiger partial charge in [0.25, 0.3) is 0 Å². The molecule has 1 atom stereocenters. The third-order valence-corrected chi connectivity index (χ3v) is 4.40. The molecular weight excluding hydrogens is 250 g/mol. The second-order valence-electron chi connectivity index (χ2n) is 5.75. The number of hydrogen-bond donors (Lipinski definition) is 1. The molecule has 2 rings (SSSR count). The van der Waals surface area contributed by atoms with Crippen molar-refractivity contribution in [1.82, 2.24) is 10.2 Å². The molecule has 1 saturated heterocycles. The van der Waals surface area contributed by atoms with E-state index in [9.17, 15) is 13.6 Å². The lowest BCUT2D eigenvalue weighted by atomic mass is 9.85. The van der Waals surface area contributed by atoms with Crippen LogP contribution in [0.3, 0.4) is 0 Å². The molecule has 1 heterocycles. The van der Waals surface area contributed by atoms with Crippen LogP contribution in [-0.2, 0) is 4.79 Å². The van der Waals surface area contributed by atoms with Crippen molar-refractivity contribution in [2.24, 2.45) is 5.92 Å². The normalized spacial score (nSPS) is 28.1. The molecule has 0 aromatic rings. The van der Waals surface area contributed by atoms with Gasteiger partial charge in [0.15, 0.2) is 0 Å². The summed E-state index contributed by atoms with van der Waals surface area (Å²) >= 11 is 0. The second kappa shape index (κ2) is 6.16. The molecule has 1 unspecified atom stereocenters. The molecule has 1 N–H and O–H groups in total. The number of carbonyl (C=O) groups excluding carboxylic acids is 1. The Morgan fingerprint density at radius 2 is 2.00 bits per heavy atom. The average molecular weight is 274 g/mol. The van der Waals surface area contributed by atoms with Crippen molar-refractivity contribution < 1.29 is 13.6 Å². The van der Waals surface area contributed by atoms with Crippen molar-refractivity contribution in [3.8, 4) is 0 Å². The molecule has 0 aromatic heterocycles. The van der Waals surface area contributed by atoms with E-state index < -0.39 is 5.92 Å². The first-order valence-electron chi connectivity index (χ1n) is 7.42. The number of halogens is 2. The summed E-state index contributed by atoms with van der Waals surface area (Å²) in [5, 5.41) is 3.31. The maximum Gasteiger partial charge on any atom is 0.248 e. The van der Waals surface area contributed by atoms with E-state index in [4.69, 9.17) is 0 Å². The molecule has 0 aromatic carbocycles. The molecule has 0 spiro atoms. The molecule has 2 aliphatic rings. The highest BCUT2D eigenvalue weighted by molar-refractivity contribution is 5.79. The van der Waals surface area contributed by atoms with Crippen molar-refractivity contribution >= 4 is 5.91 Å². The number of hydrogen-bond acceptors (Lipinski definition) is 2. The number of likely N-dealkylation sites (N-methyl/N-ethyl adjacent to an activating group) is 1. The zero-order valence-electron chi connectivity index (χ0n) is 11.6. The van der Waals surface area contributed by atoms with Gasteiger partial charge in [0.1, 0.15) is 0 Å². The van der Waals surface area contributed by atoms with Gasteiger partial charge in [-0.1, -0.05) is 0 Å². The molecule has 1 amide bonds. The van der Waals surface area contributed by atoms with Crippen molar-refractivity contribution in [1.29, 1.82) is 0 Å². The highest BCUT2D eigenvalue weighted by Gasteiger charge is 2.39. The molecule has 19 heavy (non-hydrogen) atoms. The zero-order chi connectivity index (χ0) is 13.9. The number of amides is 1. The van der Waals surface area contributed by atoms with E-state index >= 15 is 0 Å².